The zero-order chi connectivity index (χ0) is 25.4. The first-order chi connectivity index (χ1) is 17.0. The molecule has 0 spiro atoms. The molecule has 3 aromatic rings. The Kier molecular flexibility index (Phi) is 9.06. The molecule has 1 aliphatic rings. The van der Waals surface area contributed by atoms with Crippen molar-refractivity contribution >= 4 is 22.7 Å². The minimum Gasteiger partial charge on any atom is -0.496 e. The molecule has 0 aliphatic heterocycles. The maximum absolute atomic E-state index is 14.3. The molecule has 1 aliphatic carbocycles. The van der Waals surface area contributed by atoms with E-state index in [1.165, 1.54) is 7.11 Å². The van der Waals surface area contributed by atoms with Gasteiger partial charge in [-0.15, -0.1) is 0 Å². The fraction of sp³-hybridized carbons (Fsp3) is 0.357. The molecule has 0 amide bonds. The van der Waals surface area contributed by atoms with Crippen molar-refractivity contribution in [1.82, 2.24) is 0 Å². The van der Waals surface area contributed by atoms with Crippen molar-refractivity contribution < 1.29 is 33.3 Å². The van der Waals surface area contributed by atoms with Crippen LogP contribution in [0, 0.1) is 11.7 Å². The molecule has 7 heteroatoms. The monoisotopic (exact) mass is 482 g/mol. The van der Waals surface area contributed by atoms with Crippen LogP contribution in [0.4, 0.5) is 4.39 Å². The van der Waals surface area contributed by atoms with E-state index in [0.29, 0.717) is 25.7 Å². The van der Waals surface area contributed by atoms with Gasteiger partial charge in [0.2, 0.25) is 0 Å². The Hall–Kier alpha value is -3.61. The van der Waals surface area contributed by atoms with E-state index in [0.717, 1.165) is 28.5 Å². The normalized spacial score (nSPS) is 17.1. The lowest BCUT2D eigenvalue weighted by Crippen LogP contribution is -2.29. The molecule has 0 saturated heterocycles. The Morgan fingerprint density at radius 3 is 2.34 bits per heavy atom. The van der Waals surface area contributed by atoms with Gasteiger partial charge in [-0.2, -0.15) is 0 Å². The van der Waals surface area contributed by atoms with Crippen molar-refractivity contribution in [2.24, 2.45) is 5.92 Å². The highest BCUT2D eigenvalue weighted by Gasteiger charge is 2.29. The number of carbonyl (C=O) groups is 2. The van der Waals surface area contributed by atoms with E-state index in [-0.39, 0.29) is 41.7 Å². The minimum absolute atomic E-state index is 0.0648. The number of benzene rings is 3. The summed E-state index contributed by atoms with van der Waals surface area (Å²) in [5.41, 5.74) is 0.794. The molecule has 0 atom stereocenters. The van der Waals surface area contributed by atoms with Crippen LogP contribution in [0.2, 0.25) is 0 Å². The molecule has 35 heavy (non-hydrogen) atoms. The number of methoxy groups -OCH3 is 1. The molecule has 1 fully saturated rings. The van der Waals surface area contributed by atoms with Gasteiger partial charge in [-0.1, -0.05) is 56.3 Å². The quantitative estimate of drug-likeness (QED) is 0.393. The third kappa shape index (κ3) is 6.29. The SMILES string of the molecule is CC.COc1cc(F)c(OC2CCC(C(=O)OCc3cccc4ccccc34)CC2)cc1C(=O)O. The lowest BCUT2D eigenvalue weighted by molar-refractivity contribution is -0.151. The van der Waals surface area contributed by atoms with Crippen molar-refractivity contribution in [1.29, 1.82) is 0 Å². The van der Waals surface area contributed by atoms with Gasteiger partial charge < -0.3 is 19.3 Å². The van der Waals surface area contributed by atoms with E-state index in [4.69, 9.17) is 14.2 Å². The molecule has 186 valence electrons. The Morgan fingerprint density at radius 1 is 0.971 bits per heavy atom. The largest absolute Gasteiger partial charge is 0.496 e. The second-order valence-electron chi connectivity index (χ2n) is 8.13. The van der Waals surface area contributed by atoms with Crippen molar-refractivity contribution in [2.75, 3.05) is 7.11 Å². The van der Waals surface area contributed by atoms with Gasteiger partial charge in [0.15, 0.2) is 11.6 Å². The summed E-state index contributed by atoms with van der Waals surface area (Å²) in [6.45, 7) is 4.21. The third-order valence-electron chi connectivity index (χ3n) is 6.04. The fourth-order valence-corrected chi connectivity index (χ4v) is 4.24. The first-order valence-corrected chi connectivity index (χ1v) is 11.9. The number of carboxylic acids is 1. The molecule has 0 radical (unpaired) electrons. The average molecular weight is 483 g/mol. The van der Waals surface area contributed by atoms with Crippen molar-refractivity contribution in [2.45, 2.75) is 52.2 Å². The number of carbonyl (C=O) groups excluding carboxylic acids is 1. The highest BCUT2D eigenvalue weighted by atomic mass is 19.1. The van der Waals surface area contributed by atoms with Crippen LogP contribution < -0.4 is 9.47 Å². The summed E-state index contributed by atoms with van der Waals surface area (Å²) in [6, 6.07) is 16.0. The van der Waals surface area contributed by atoms with E-state index in [9.17, 15) is 19.1 Å². The van der Waals surface area contributed by atoms with Gasteiger partial charge in [-0.05, 0) is 42.0 Å². The van der Waals surface area contributed by atoms with Crippen molar-refractivity contribution in [3.63, 3.8) is 0 Å². The van der Waals surface area contributed by atoms with Gasteiger partial charge in [0, 0.05) is 12.1 Å². The maximum Gasteiger partial charge on any atom is 0.339 e. The molecule has 3 aromatic carbocycles. The minimum atomic E-state index is -1.23. The van der Waals surface area contributed by atoms with E-state index < -0.39 is 11.8 Å². The van der Waals surface area contributed by atoms with E-state index in [1.807, 2.05) is 56.3 Å². The molecular weight excluding hydrogens is 451 g/mol. The Balaban J connectivity index is 0.00000167. The summed E-state index contributed by atoms with van der Waals surface area (Å²) in [5, 5.41) is 11.5. The molecule has 0 bridgehead atoms. The number of carboxylic acid groups (broad SMARTS) is 1. The van der Waals surface area contributed by atoms with Gasteiger partial charge in [-0.3, -0.25) is 4.79 Å². The topological polar surface area (TPSA) is 82.1 Å². The van der Waals surface area contributed by atoms with E-state index >= 15 is 0 Å². The first-order valence-electron chi connectivity index (χ1n) is 11.9. The van der Waals surface area contributed by atoms with Crippen molar-refractivity contribution in [3.8, 4) is 11.5 Å². The number of ether oxygens (including phenoxy) is 3. The van der Waals surface area contributed by atoms with Gasteiger partial charge in [0.25, 0.3) is 0 Å². The zero-order valence-electron chi connectivity index (χ0n) is 20.3. The number of halogens is 1. The number of fused-ring (bicyclic) bond motifs is 1. The zero-order valence-corrected chi connectivity index (χ0v) is 20.3. The Bertz CT molecular complexity index is 1160. The number of rotatable bonds is 7. The summed E-state index contributed by atoms with van der Waals surface area (Å²) >= 11 is 0. The molecule has 0 aromatic heterocycles. The summed E-state index contributed by atoms with van der Waals surface area (Å²) in [5.74, 6) is -2.59. The lowest BCUT2D eigenvalue weighted by atomic mass is 9.87. The van der Waals surface area contributed by atoms with Gasteiger partial charge in [-0.25, -0.2) is 9.18 Å². The summed E-state index contributed by atoms with van der Waals surface area (Å²) in [6.07, 6.45) is 1.89. The summed E-state index contributed by atoms with van der Waals surface area (Å²) < 4.78 is 30.6. The number of aromatic carboxylic acids is 1. The van der Waals surface area contributed by atoms with Crippen molar-refractivity contribution in [3.05, 3.63) is 71.5 Å². The number of esters is 1. The third-order valence-corrected chi connectivity index (χ3v) is 6.04. The highest BCUT2D eigenvalue weighted by molar-refractivity contribution is 5.91. The molecule has 4 rings (SSSR count). The molecule has 1 N–H and O–H groups in total. The first kappa shape index (κ1) is 26.0. The van der Waals surface area contributed by atoms with Crippen LogP contribution in [0.25, 0.3) is 10.8 Å². The van der Waals surface area contributed by atoms with Gasteiger partial charge in [0.1, 0.15) is 17.9 Å². The molecule has 0 heterocycles. The van der Waals surface area contributed by atoms with Crippen LogP contribution in [0.1, 0.15) is 55.5 Å². The van der Waals surface area contributed by atoms with E-state index in [2.05, 4.69) is 0 Å². The second-order valence-corrected chi connectivity index (χ2v) is 8.13. The van der Waals surface area contributed by atoms with Crippen LogP contribution in [0.5, 0.6) is 11.5 Å². The molecule has 1 saturated carbocycles. The van der Waals surface area contributed by atoms with Crippen LogP contribution in [-0.4, -0.2) is 30.3 Å². The highest BCUT2D eigenvalue weighted by Crippen LogP contribution is 2.33. The van der Waals surface area contributed by atoms with Crippen LogP contribution in [0.3, 0.4) is 0 Å². The summed E-state index contributed by atoms with van der Waals surface area (Å²) in [4.78, 5) is 24.0. The number of hydrogen-bond acceptors (Lipinski definition) is 5. The fourth-order valence-electron chi connectivity index (χ4n) is 4.24. The standard InChI is InChI=1S/C26H25FO6.C2H6/c1-31-23-14-22(27)24(13-21(23)25(28)29)33-19-11-9-17(10-12-19)26(30)32-15-18-7-4-6-16-5-2-3-8-20(16)18;1-2/h2-8,13-14,17,19H,9-12,15H2,1H3,(H,28,29);1-2H3. The summed E-state index contributed by atoms with van der Waals surface area (Å²) in [7, 11) is 1.28. The van der Waals surface area contributed by atoms with E-state index in [1.54, 1.807) is 0 Å². The predicted octanol–water partition coefficient (Wildman–Crippen LogP) is 6.39. The van der Waals surface area contributed by atoms with Gasteiger partial charge >= 0.3 is 11.9 Å². The Labute approximate surface area is 204 Å². The van der Waals surface area contributed by atoms with Gasteiger partial charge in [0.05, 0.1) is 19.1 Å². The lowest BCUT2D eigenvalue weighted by Gasteiger charge is -2.28. The molecular formula is C28H31FO6. The van der Waals surface area contributed by atoms with Crippen LogP contribution in [-0.2, 0) is 16.1 Å². The second kappa shape index (κ2) is 12.2. The average Bonchev–Trinajstić information content (AvgIpc) is 2.89. The predicted molar refractivity (Wildman–Crippen MR) is 131 cm³/mol. The Morgan fingerprint density at radius 2 is 1.66 bits per heavy atom. The molecule has 0 unspecified atom stereocenters. The number of hydrogen-bond donors (Lipinski definition) is 1. The smallest absolute Gasteiger partial charge is 0.339 e. The van der Waals surface area contributed by atoms with Crippen LogP contribution in [0.15, 0.2) is 54.6 Å². The molecule has 6 nitrogen and oxygen atoms in total. The van der Waals surface area contributed by atoms with Crippen LogP contribution >= 0.6 is 0 Å². The maximum atomic E-state index is 14.3.